The second-order valence-corrected chi connectivity index (χ2v) is 6.43. The van der Waals surface area contributed by atoms with Crippen LogP contribution in [-0.4, -0.2) is 69.0 Å². The van der Waals surface area contributed by atoms with Crippen molar-refractivity contribution >= 4 is 11.9 Å². The summed E-state index contributed by atoms with van der Waals surface area (Å²) in [4.78, 5) is 19.7. The first-order valence-corrected chi connectivity index (χ1v) is 6.86. The van der Waals surface area contributed by atoms with Crippen molar-refractivity contribution in [2.24, 2.45) is 10.8 Å². The highest BCUT2D eigenvalue weighted by Crippen LogP contribution is 2.10. The molecule has 0 aliphatic carbocycles. The Hall–Kier alpha value is -1.48. The van der Waals surface area contributed by atoms with Gasteiger partial charge in [-0.05, 0) is 6.92 Å². The van der Waals surface area contributed by atoms with Crippen molar-refractivity contribution in [2.45, 2.75) is 34.6 Å². The van der Waals surface area contributed by atoms with Gasteiger partial charge in [0.2, 0.25) is 0 Å². The molecule has 8 nitrogen and oxygen atoms in total. The molecule has 138 valence electrons. The zero-order chi connectivity index (χ0) is 19.3. The van der Waals surface area contributed by atoms with Crippen LogP contribution in [0.15, 0.2) is 11.6 Å². The van der Waals surface area contributed by atoms with Crippen molar-refractivity contribution in [3.63, 3.8) is 0 Å². The standard InChI is InChI=1S/C5H6O4.2C5H12O2/c1-3(5(8)9)2-4(6)7;2*1-5(2,3-6)4-7/h2H,1H3,(H,6,7)(H,8,9);2*6-7H,3-4H2,1-2H3. The zero-order valence-electron chi connectivity index (χ0n) is 14.4. The molecule has 0 aromatic carbocycles. The largest absolute Gasteiger partial charge is 0.478 e. The SMILES string of the molecule is CC(=CC(=O)O)C(=O)O.CC(C)(CO)CO.CC(C)(CO)CO. The Labute approximate surface area is 136 Å². The van der Waals surface area contributed by atoms with Gasteiger partial charge in [-0.1, -0.05) is 27.7 Å². The lowest BCUT2D eigenvalue weighted by Gasteiger charge is -2.16. The average molecular weight is 338 g/mol. The van der Waals surface area contributed by atoms with Crippen LogP contribution in [0.4, 0.5) is 0 Å². The molecule has 8 heteroatoms. The number of carboxylic acids is 2. The molecule has 23 heavy (non-hydrogen) atoms. The van der Waals surface area contributed by atoms with Crippen LogP contribution >= 0.6 is 0 Å². The molecule has 0 fully saturated rings. The van der Waals surface area contributed by atoms with Crippen LogP contribution in [0.2, 0.25) is 0 Å². The van der Waals surface area contributed by atoms with Crippen molar-refractivity contribution in [1.29, 1.82) is 0 Å². The van der Waals surface area contributed by atoms with Crippen LogP contribution in [0, 0.1) is 10.8 Å². The Bertz CT molecular complexity index is 344. The first-order chi connectivity index (χ1) is 10.3. The first-order valence-electron chi connectivity index (χ1n) is 6.86. The number of aliphatic hydroxyl groups excluding tert-OH is 4. The fourth-order valence-corrected chi connectivity index (χ4v) is 0.347. The lowest BCUT2D eigenvalue weighted by atomic mass is 9.97. The third-order valence-corrected chi connectivity index (χ3v) is 2.39. The lowest BCUT2D eigenvalue weighted by Crippen LogP contribution is -2.20. The molecule has 6 N–H and O–H groups in total. The molecule has 0 heterocycles. The molecule has 0 saturated heterocycles. The summed E-state index contributed by atoms with van der Waals surface area (Å²) in [6.07, 6.45) is 0.641. The van der Waals surface area contributed by atoms with Crippen LogP contribution in [0.3, 0.4) is 0 Å². The van der Waals surface area contributed by atoms with Crippen molar-refractivity contribution in [3.05, 3.63) is 11.6 Å². The summed E-state index contributed by atoms with van der Waals surface area (Å²) >= 11 is 0. The highest BCUT2D eigenvalue weighted by molar-refractivity contribution is 5.93. The molecule has 0 aromatic rings. The minimum Gasteiger partial charge on any atom is -0.478 e. The van der Waals surface area contributed by atoms with E-state index in [2.05, 4.69) is 0 Å². The van der Waals surface area contributed by atoms with E-state index in [-0.39, 0.29) is 42.8 Å². The fraction of sp³-hybridized carbons (Fsp3) is 0.733. The summed E-state index contributed by atoms with van der Waals surface area (Å²) in [7, 11) is 0. The summed E-state index contributed by atoms with van der Waals surface area (Å²) in [6, 6.07) is 0. The van der Waals surface area contributed by atoms with E-state index >= 15 is 0 Å². The van der Waals surface area contributed by atoms with E-state index in [0.29, 0.717) is 6.08 Å². The van der Waals surface area contributed by atoms with E-state index in [9.17, 15) is 9.59 Å². The van der Waals surface area contributed by atoms with E-state index in [1.165, 1.54) is 6.92 Å². The van der Waals surface area contributed by atoms with Gasteiger partial charge in [-0.25, -0.2) is 9.59 Å². The second kappa shape index (κ2) is 13.0. The number of carboxylic acid groups (broad SMARTS) is 2. The van der Waals surface area contributed by atoms with Gasteiger partial charge in [-0.2, -0.15) is 0 Å². The maximum atomic E-state index is 9.90. The monoisotopic (exact) mass is 338 g/mol. The molecule has 0 aromatic heterocycles. The van der Waals surface area contributed by atoms with Crippen molar-refractivity contribution in [1.82, 2.24) is 0 Å². The maximum Gasteiger partial charge on any atom is 0.331 e. The third-order valence-electron chi connectivity index (χ3n) is 2.39. The number of carbonyl (C=O) groups is 2. The number of aliphatic hydroxyl groups is 4. The molecule has 0 bridgehead atoms. The lowest BCUT2D eigenvalue weighted by molar-refractivity contribution is -0.135. The Morgan fingerprint density at radius 2 is 1.04 bits per heavy atom. The van der Waals surface area contributed by atoms with Gasteiger partial charge in [-0.3, -0.25) is 0 Å². The Morgan fingerprint density at radius 1 is 0.783 bits per heavy atom. The molecule has 0 unspecified atom stereocenters. The number of rotatable bonds is 6. The van der Waals surface area contributed by atoms with Gasteiger partial charge in [0, 0.05) is 22.5 Å². The molecule has 0 spiro atoms. The van der Waals surface area contributed by atoms with Crippen molar-refractivity contribution in [3.8, 4) is 0 Å². The Morgan fingerprint density at radius 3 is 1.09 bits per heavy atom. The van der Waals surface area contributed by atoms with Gasteiger partial charge in [0.15, 0.2) is 0 Å². The maximum absolute atomic E-state index is 9.90. The summed E-state index contributed by atoms with van der Waals surface area (Å²) in [6.45, 7) is 8.59. The molecule has 0 rings (SSSR count). The molecule has 0 aliphatic rings. The third kappa shape index (κ3) is 20.5. The molecule has 0 atom stereocenters. The van der Waals surface area contributed by atoms with Gasteiger partial charge < -0.3 is 30.6 Å². The Kier molecular flexibility index (Phi) is 14.9. The van der Waals surface area contributed by atoms with Crippen molar-refractivity contribution < 1.29 is 40.2 Å². The van der Waals surface area contributed by atoms with Crippen molar-refractivity contribution in [2.75, 3.05) is 26.4 Å². The van der Waals surface area contributed by atoms with Gasteiger partial charge in [0.05, 0.1) is 26.4 Å². The van der Waals surface area contributed by atoms with E-state index < -0.39 is 11.9 Å². The van der Waals surface area contributed by atoms with Crippen LogP contribution < -0.4 is 0 Å². The molecule has 0 aliphatic heterocycles. The van der Waals surface area contributed by atoms with Crippen LogP contribution in [0.5, 0.6) is 0 Å². The molecule has 0 radical (unpaired) electrons. The van der Waals surface area contributed by atoms with Crippen LogP contribution in [0.1, 0.15) is 34.6 Å². The average Bonchev–Trinajstić information content (AvgIpc) is 2.47. The number of aliphatic carboxylic acids is 2. The molecule has 0 amide bonds. The molecular formula is C15H30O8. The van der Waals surface area contributed by atoms with Crippen LogP contribution in [-0.2, 0) is 9.59 Å². The second-order valence-electron chi connectivity index (χ2n) is 6.43. The number of hydrogen-bond donors (Lipinski definition) is 6. The topological polar surface area (TPSA) is 156 Å². The Balaban J connectivity index is -0.000000264. The number of hydrogen-bond acceptors (Lipinski definition) is 6. The predicted molar refractivity (Wildman–Crippen MR) is 84.9 cm³/mol. The van der Waals surface area contributed by atoms with E-state index in [1.807, 2.05) is 0 Å². The van der Waals surface area contributed by atoms with Gasteiger partial charge in [0.25, 0.3) is 0 Å². The summed E-state index contributed by atoms with van der Waals surface area (Å²) in [5.74, 6) is -2.45. The normalized spacial score (nSPS) is 11.6. The quantitative estimate of drug-likeness (QED) is 0.372. The van der Waals surface area contributed by atoms with E-state index in [0.717, 1.165) is 0 Å². The highest BCUT2D eigenvalue weighted by atomic mass is 16.4. The summed E-state index contributed by atoms with van der Waals surface area (Å²) in [5, 5.41) is 49.8. The van der Waals surface area contributed by atoms with Gasteiger partial charge in [-0.15, -0.1) is 0 Å². The van der Waals surface area contributed by atoms with Crippen LogP contribution in [0.25, 0.3) is 0 Å². The zero-order valence-corrected chi connectivity index (χ0v) is 14.4. The minimum absolute atomic E-state index is 0.0451. The summed E-state index contributed by atoms with van der Waals surface area (Å²) in [5.41, 5.74) is -0.789. The molecular weight excluding hydrogens is 308 g/mol. The fourth-order valence-electron chi connectivity index (χ4n) is 0.347. The van der Waals surface area contributed by atoms with Gasteiger partial charge >= 0.3 is 11.9 Å². The highest BCUT2D eigenvalue weighted by Gasteiger charge is 2.13. The van der Waals surface area contributed by atoms with E-state index in [1.54, 1.807) is 27.7 Å². The first kappa shape index (κ1) is 26.4. The van der Waals surface area contributed by atoms with Gasteiger partial charge in [0.1, 0.15) is 0 Å². The molecule has 0 saturated carbocycles. The van der Waals surface area contributed by atoms with E-state index in [4.69, 9.17) is 30.6 Å². The minimum atomic E-state index is -1.24. The summed E-state index contributed by atoms with van der Waals surface area (Å²) < 4.78 is 0. The predicted octanol–water partition coefficient (Wildman–Crippen LogP) is 0.0963. The smallest absolute Gasteiger partial charge is 0.331 e.